The van der Waals surface area contributed by atoms with Crippen molar-refractivity contribution < 1.29 is 4.42 Å². The molecule has 1 fully saturated rings. The van der Waals surface area contributed by atoms with Crippen molar-refractivity contribution in [1.29, 1.82) is 5.26 Å². The van der Waals surface area contributed by atoms with E-state index in [4.69, 9.17) is 4.42 Å². The Morgan fingerprint density at radius 1 is 1.48 bits per heavy atom. The van der Waals surface area contributed by atoms with Crippen LogP contribution in [0, 0.1) is 11.3 Å². The molecule has 2 aromatic rings. The Labute approximate surface area is 128 Å². The Hall–Kier alpha value is -1.51. The number of hydrogen-bond acceptors (Lipinski definition) is 5. The number of para-hydroxylation sites is 2. The van der Waals surface area contributed by atoms with Crippen LogP contribution in [-0.4, -0.2) is 22.3 Å². The maximum Gasteiger partial charge on any atom is 0.256 e. The van der Waals surface area contributed by atoms with Crippen molar-refractivity contribution in [1.82, 2.24) is 10.3 Å². The van der Waals surface area contributed by atoms with E-state index >= 15 is 0 Å². The van der Waals surface area contributed by atoms with Crippen LogP contribution in [-0.2, 0) is 0 Å². The van der Waals surface area contributed by atoms with E-state index in [9.17, 15) is 5.26 Å². The van der Waals surface area contributed by atoms with Gasteiger partial charge in [-0.3, -0.25) is 5.32 Å². The molecule has 5 heteroatoms. The van der Waals surface area contributed by atoms with Gasteiger partial charge in [-0.2, -0.15) is 5.26 Å². The molecule has 0 aliphatic heterocycles. The maximum atomic E-state index is 9.32. The fourth-order valence-corrected chi connectivity index (χ4v) is 3.11. The first-order chi connectivity index (χ1) is 10.2. The van der Waals surface area contributed by atoms with Gasteiger partial charge < -0.3 is 4.42 Å². The number of oxazole rings is 1. The van der Waals surface area contributed by atoms with Crippen LogP contribution < -0.4 is 5.32 Å². The number of nitrogens with one attached hydrogen (secondary N) is 1. The van der Waals surface area contributed by atoms with E-state index in [0.717, 1.165) is 29.7 Å². The number of rotatable bonds is 7. The second-order valence-corrected chi connectivity index (χ2v) is 6.81. The van der Waals surface area contributed by atoms with Gasteiger partial charge in [0.2, 0.25) is 0 Å². The van der Waals surface area contributed by atoms with Crippen molar-refractivity contribution in [2.75, 3.05) is 5.75 Å². The van der Waals surface area contributed by atoms with Crippen LogP contribution in [0.2, 0.25) is 0 Å². The lowest BCUT2D eigenvalue weighted by atomic mass is 9.98. The van der Waals surface area contributed by atoms with Gasteiger partial charge in [0.25, 0.3) is 5.22 Å². The Morgan fingerprint density at radius 2 is 2.29 bits per heavy atom. The monoisotopic (exact) mass is 301 g/mol. The van der Waals surface area contributed by atoms with Gasteiger partial charge in [0.15, 0.2) is 5.58 Å². The molecule has 0 bridgehead atoms. The van der Waals surface area contributed by atoms with Crippen molar-refractivity contribution >= 4 is 22.9 Å². The molecular formula is C16H19N3OS. The largest absolute Gasteiger partial charge is 0.431 e. The van der Waals surface area contributed by atoms with E-state index in [1.807, 2.05) is 31.2 Å². The summed E-state index contributed by atoms with van der Waals surface area (Å²) in [5, 5.41) is 13.5. The SMILES string of the molecule is CC(C#N)(CCCSc1nc2ccccc2o1)NC1CC1. The molecule has 1 aromatic carbocycles. The fourth-order valence-electron chi connectivity index (χ4n) is 2.34. The molecule has 1 atom stereocenters. The third-order valence-electron chi connectivity index (χ3n) is 3.67. The average molecular weight is 301 g/mol. The van der Waals surface area contributed by atoms with Crippen LogP contribution in [0.1, 0.15) is 32.6 Å². The molecule has 1 aliphatic rings. The summed E-state index contributed by atoms with van der Waals surface area (Å²) in [7, 11) is 0. The number of thioether (sulfide) groups is 1. The van der Waals surface area contributed by atoms with Crippen molar-refractivity contribution in [3.05, 3.63) is 24.3 Å². The number of hydrogen-bond donors (Lipinski definition) is 1. The fraction of sp³-hybridized carbons (Fsp3) is 0.500. The summed E-state index contributed by atoms with van der Waals surface area (Å²) in [6.45, 7) is 2.00. The predicted molar refractivity (Wildman–Crippen MR) is 84.1 cm³/mol. The quantitative estimate of drug-likeness (QED) is 0.623. The smallest absolute Gasteiger partial charge is 0.256 e. The highest BCUT2D eigenvalue weighted by atomic mass is 32.2. The van der Waals surface area contributed by atoms with E-state index in [2.05, 4.69) is 16.4 Å². The van der Waals surface area contributed by atoms with Gasteiger partial charge in [-0.1, -0.05) is 23.9 Å². The first-order valence-corrected chi connectivity index (χ1v) is 8.34. The van der Waals surface area contributed by atoms with Crippen LogP contribution >= 0.6 is 11.8 Å². The molecule has 1 aromatic heterocycles. The third kappa shape index (κ3) is 3.78. The second-order valence-electron chi connectivity index (χ2n) is 5.76. The molecule has 1 saturated carbocycles. The number of fused-ring (bicyclic) bond motifs is 1. The maximum absolute atomic E-state index is 9.32. The molecule has 1 heterocycles. The van der Waals surface area contributed by atoms with E-state index in [1.54, 1.807) is 11.8 Å². The zero-order valence-corrected chi connectivity index (χ0v) is 12.9. The lowest BCUT2D eigenvalue weighted by Crippen LogP contribution is -2.42. The standard InChI is InChI=1S/C16H19N3OS/c1-16(11-17,19-12-7-8-12)9-4-10-21-15-18-13-5-2-3-6-14(13)20-15/h2-3,5-6,12,19H,4,7-10H2,1H3. The summed E-state index contributed by atoms with van der Waals surface area (Å²) in [6.07, 6.45) is 4.23. The Balaban J connectivity index is 1.48. The highest BCUT2D eigenvalue weighted by molar-refractivity contribution is 7.99. The molecule has 0 spiro atoms. The van der Waals surface area contributed by atoms with E-state index in [0.29, 0.717) is 11.3 Å². The van der Waals surface area contributed by atoms with Crippen molar-refractivity contribution in [2.45, 2.75) is 49.4 Å². The van der Waals surface area contributed by atoms with Crippen LogP contribution in [0.3, 0.4) is 0 Å². The summed E-state index contributed by atoms with van der Waals surface area (Å²) < 4.78 is 5.67. The van der Waals surface area contributed by atoms with Crippen LogP contribution in [0.25, 0.3) is 11.1 Å². The molecule has 110 valence electrons. The Kier molecular flexibility index (Phi) is 4.18. The normalized spacial score (nSPS) is 17.5. The average Bonchev–Trinajstić information content (AvgIpc) is 3.19. The van der Waals surface area contributed by atoms with Crippen molar-refractivity contribution in [3.8, 4) is 6.07 Å². The molecule has 1 aliphatic carbocycles. The van der Waals surface area contributed by atoms with Crippen LogP contribution in [0.5, 0.6) is 0 Å². The zero-order valence-electron chi connectivity index (χ0n) is 12.1. The Bertz CT molecular complexity index is 626. The number of nitrogens with zero attached hydrogens (tertiary/aromatic N) is 2. The molecule has 0 saturated heterocycles. The summed E-state index contributed by atoms with van der Waals surface area (Å²) in [5.74, 6) is 0.913. The molecule has 1 N–H and O–H groups in total. The number of aromatic nitrogens is 1. The number of benzene rings is 1. The topological polar surface area (TPSA) is 61.9 Å². The molecule has 1 unspecified atom stereocenters. The van der Waals surface area contributed by atoms with Crippen molar-refractivity contribution in [2.24, 2.45) is 0 Å². The highest BCUT2D eigenvalue weighted by Crippen LogP contribution is 2.27. The van der Waals surface area contributed by atoms with E-state index < -0.39 is 5.54 Å². The summed E-state index contributed by atoms with van der Waals surface area (Å²) >= 11 is 1.62. The third-order valence-corrected chi connectivity index (χ3v) is 4.58. The zero-order chi connectivity index (χ0) is 14.7. The molecule has 4 nitrogen and oxygen atoms in total. The lowest BCUT2D eigenvalue weighted by molar-refractivity contribution is 0.411. The van der Waals surface area contributed by atoms with Crippen LogP contribution in [0.4, 0.5) is 0 Å². The van der Waals surface area contributed by atoms with Crippen molar-refractivity contribution in [3.63, 3.8) is 0 Å². The molecule has 0 radical (unpaired) electrons. The first-order valence-electron chi connectivity index (χ1n) is 7.36. The second kappa shape index (κ2) is 6.08. The van der Waals surface area contributed by atoms with Gasteiger partial charge in [0.05, 0.1) is 6.07 Å². The van der Waals surface area contributed by atoms with Gasteiger partial charge in [-0.25, -0.2) is 4.98 Å². The molecule has 3 rings (SSSR count). The van der Waals surface area contributed by atoms with Gasteiger partial charge >= 0.3 is 0 Å². The summed E-state index contributed by atoms with van der Waals surface area (Å²) in [5.41, 5.74) is 1.33. The van der Waals surface area contributed by atoms with Gasteiger partial charge in [-0.15, -0.1) is 0 Å². The molecular weight excluding hydrogens is 282 g/mol. The van der Waals surface area contributed by atoms with Gasteiger partial charge in [-0.05, 0) is 44.7 Å². The van der Waals surface area contributed by atoms with E-state index in [-0.39, 0.29) is 0 Å². The lowest BCUT2D eigenvalue weighted by Gasteiger charge is -2.22. The van der Waals surface area contributed by atoms with Gasteiger partial charge in [0, 0.05) is 11.8 Å². The van der Waals surface area contributed by atoms with Crippen LogP contribution in [0.15, 0.2) is 33.9 Å². The highest BCUT2D eigenvalue weighted by Gasteiger charge is 2.31. The summed E-state index contributed by atoms with van der Waals surface area (Å²) in [6, 6.07) is 10.8. The Morgan fingerprint density at radius 3 is 3.00 bits per heavy atom. The van der Waals surface area contributed by atoms with E-state index in [1.165, 1.54) is 12.8 Å². The molecule has 21 heavy (non-hydrogen) atoms. The first kappa shape index (κ1) is 14.4. The van der Waals surface area contributed by atoms with Gasteiger partial charge in [0.1, 0.15) is 11.1 Å². The minimum Gasteiger partial charge on any atom is -0.431 e. The summed E-state index contributed by atoms with van der Waals surface area (Å²) in [4.78, 5) is 4.44. The molecule has 0 amide bonds. The number of nitriles is 1. The minimum atomic E-state index is -0.400. The predicted octanol–water partition coefficient (Wildman–Crippen LogP) is 3.73. The minimum absolute atomic E-state index is 0.400.